The molecule has 1 aromatic carbocycles. The lowest BCUT2D eigenvalue weighted by atomic mass is 10.1. The summed E-state index contributed by atoms with van der Waals surface area (Å²) in [5, 5.41) is 2.11. The minimum Gasteiger partial charge on any atom is -0.147 e. The predicted molar refractivity (Wildman–Crippen MR) is 81.5 cm³/mol. The van der Waals surface area contributed by atoms with E-state index >= 15 is 0 Å². The van der Waals surface area contributed by atoms with Gasteiger partial charge in [-0.15, -0.1) is 11.3 Å². The maximum absolute atomic E-state index is 3.74. The second-order valence-corrected chi connectivity index (χ2v) is 7.26. The van der Waals surface area contributed by atoms with E-state index in [1.165, 1.54) is 14.9 Å². The third kappa shape index (κ3) is 3.19. The van der Waals surface area contributed by atoms with Crippen molar-refractivity contribution in [1.29, 1.82) is 0 Å². The van der Waals surface area contributed by atoms with Crippen molar-refractivity contribution in [2.24, 2.45) is 0 Å². The zero-order valence-corrected chi connectivity index (χ0v) is 13.9. The highest BCUT2D eigenvalue weighted by atomic mass is 79.9. The molecule has 0 nitrogen and oxygen atoms in total. The van der Waals surface area contributed by atoms with Gasteiger partial charge in [0.05, 0.1) is 4.83 Å². The number of halogens is 3. The molecule has 0 N–H and O–H groups in total. The summed E-state index contributed by atoms with van der Waals surface area (Å²) in [5.41, 5.74) is 1.33. The van der Waals surface area contributed by atoms with Crippen LogP contribution < -0.4 is 0 Å². The number of thiophene rings is 1. The average molecular weight is 425 g/mol. The van der Waals surface area contributed by atoms with Crippen LogP contribution in [0, 0.1) is 0 Å². The summed E-state index contributed by atoms with van der Waals surface area (Å²) < 4.78 is 2.32. The molecule has 1 heterocycles. The Hall–Kier alpha value is 0.360. The Balaban J connectivity index is 2.14. The van der Waals surface area contributed by atoms with Crippen molar-refractivity contribution in [2.75, 3.05) is 0 Å². The van der Waals surface area contributed by atoms with Gasteiger partial charge in [0.2, 0.25) is 0 Å². The monoisotopic (exact) mass is 422 g/mol. The Kier molecular flexibility index (Phi) is 4.65. The van der Waals surface area contributed by atoms with Crippen molar-refractivity contribution in [1.82, 2.24) is 0 Å². The highest BCUT2D eigenvalue weighted by molar-refractivity contribution is 9.11. The van der Waals surface area contributed by atoms with E-state index < -0.39 is 0 Å². The highest BCUT2D eigenvalue weighted by Gasteiger charge is 2.13. The van der Waals surface area contributed by atoms with Gasteiger partial charge in [-0.25, -0.2) is 0 Å². The maximum atomic E-state index is 3.74. The molecule has 0 saturated carbocycles. The second kappa shape index (κ2) is 5.80. The van der Waals surface area contributed by atoms with Crippen LogP contribution in [0.15, 0.2) is 44.7 Å². The van der Waals surface area contributed by atoms with E-state index in [0.29, 0.717) is 4.83 Å². The smallest absolute Gasteiger partial charge is 0.0540 e. The molecule has 2 rings (SSSR count). The van der Waals surface area contributed by atoms with Crippen LogP contribution in [0.25, 0.3) is 0 Å². The number of alkyl halides is 1. The summed E-state index contributed by atoms with van der Waals surface area (Å²) in [5.74, 6) is 0. The molecule has 2 aromatic rings. The number of rotatable bonds is 3. The number of hydrogen-bond acceptors (Lipinski definition) is 1. The molecule has 1 unspecified atom stereocenters. The van der Waals surface area contributed by atoms with Gasteiger partial charge in [0.25, 0.3) is 0 Å². The van der Waals surface area contributed by atoms with Gasteiger partial charge in [0.1, 0.15) is 0 Å². The number of benzene rings is 1. The van der Waals surface area contributed by atoms with Gasteiger partial charge in [0.15, 0.2) is 0 Å². The van der Waals surface area contributed by atoms with Gasteiger partial charge in [-0.2, -0.15) is 0 Å². The van der Waals surface area contributed by atoms with Crippen molar-refractivity contribution in [3.63, 3.8) is 0 Å². The zero-order chi connectivity index (χ0) is 11.5. The first-order chi connectivity index (χ1) is 7.66. The van der Waals surface area contributed by atoms with Gasteiger partial charge in [-0.3, -0.25) is 0 Å². The lowest BCUT2D eigenvalue weighted by Gasteiger charge is -2.09. The fraction of sp³-hybridized carbons (Fsp3) is 0.167. The van der Waals surface area contributed by atoms with Crippen molar-refractivity contribution in [3.05, 3.63) is 55.1 Å². The van der Waals surface area contributed by atoms with Gasteiger partial charge < -0.3 is 0 Å². The van der Waals surface area contributed by atoms with E-state index in [2.05, 4.69) is 77.4 Å². The van der Waals surface area contributed by atoms with E-state index in [-0.39, 0.29) is 0 Å². The average Bonchev–Trinajstić information content (AvgIpc) is 2.64. The summed E-state index contributed by atoms with van der Waals surface area (Å²) in [7, 11) is 0. The molecule has 0 spiro atoms. The first kappa shape index (κ1) is 12.8. The Labute approximate surface area is 124 Å². The summed E-state index contributed by atoms with van der Waals surface area (Å²) in [6.07, 6.45) is 0.999. The topological polar surface area (TPSA) is 0 Å². The molecule has 0 fully saturated rings. The van der Waals surface area contributed by atoms with Crippen LogP contribution in [0.5, 0.6) is 0 Å². The molecule has 0 aliphatic carbocycles. The molecule has 16 heavy (non-hydrogen) atoms. The molecule has 0 aliphatic rings. The molecular weight excluding hydrogens is 416 g/mol. The van der Waals surface area contributed by atoms with E-state index in [0.717, 1.165) is 10.9 Å². The first-order valence-electron chi connectivity index (χ1n) is 4.78. The SMILES string of the molecule is Brc1cccc(CC(Br)c2sccc2Br)c1. The third-order valence-electron chi connectivity index (χ3n) is 2.23. The predicted octanol–water partition coefficient (Wildman–Crippen LogP) is 5.95. The van der Waals surface area contributed by atoms with Crippen LogP contribution in [0.4, 0.5) is 0 Å². The summed E-state index contributed by atoms with van der Waals surface area (Å²) in [6, 6.07) is 10.5. The third-order valence-corrected chi connectivity index (χ3v) is 5.80. The highest BCUT2D eigenvalue weighted by Crippen LogP contribution is 2.36. The van der Waals surface area contributed by atoms with Gasteiger partial charge in [-0.1, -0.05) is 44.0 Å². The quantitative estimate of drug-likeness (QED) is 0.534. The molecule has 0 amide bonds. The first-order valence-corrected chi connectivity index (χ1v) is 8.16. The van der Waals surface area contributed by atoms with Crippen molar-refractivity contribution >= 4 is 59.1 Å². The van der Waals surface area contributed by atoms with Crippen LogP contribution in [-0.2, 0) is 6.42 Å². The van der Waals surface area contributed by atoms with Crippen molar-refractivity contribution in [3.8, 4) is 0 Å². The lowest BCUT2D eigenvalue weighted by molar-refractivity contribution is 0.964. The Morgan fingerprint density at radius 2 is 2.00 bits per heavy atom. The van der Waals surface area contributed by atoms with Crippen LogP contribution in [-0.4, -0.2) is 0 Å². The molecule has 0 aliphatic heterocycles. The van der Waals surface area contributed by atoms with E-state index in [1.807, 2.05) is 6.07 Å². The van der Waals surface area contributed by atoms with E-state index in [1.54, 1.807) is 11.3 Å². The summed E-state index contributed by atoms with van der Waals surface area (Å²) in [4.78, 5) is 1.72. The maximum Gasteiger partial charge on any atom is 0.0540 e. The van der Waals surface area contributed by atoms with E-state index in [4.69, 9.17) is 0 Å². The second-order valence-electron chi connectivity index (χ2n) is 3.43. The van der Waals surface area contributed by atoms with Gasteiger partial charge >= 0.3 is 0 Å². The minimum atomic E-state index is 0.371. The molecule has 0 bridgehead atoms. The fourth-order valence-electron chi connectivity index (χ4n) is 1.49. The summed E-state index contributed by atoms with van der Waals surface area (Å²) >= 11 is 12.6. The normalized spacial score (nSPS) is 12.7. The molecule has 1 atom stereocenters. The summed E-state index contributed by atoms with van der Waals surface area (Å²) in [6.45, 7) is 0. The minimum absolute atomic E-state index is 0.371. The van der Waals surface area contributed by atoms with E-state index in [9.17, 15) is 0 Å². The molecule has 0 radical (unpaired) electrons. The molecule has 0 saturated heterocycles. The van der Waals surface area contributed by atoms with Crippen molar-refractivity contribution < 1.29 is 0 Å². The largest absolute Gasteiger partial charge is 0.147 e. The standard InChI is InChI=1S/C12H9Br3S/c13-9-3-1-2-8(6-9)7-11(15)12-10(14)4-5-16-12/h1-6,11H,7H2. The van der Waals surface area contributed by atoms with Gasteiger partial charge in [-0.05, 0) is 51.5 Å². The molecule has 4 heteroatoms. The molecule has 1 aromatic heterocycles. The Morgan fingerprint density at radius 1 is 1.19 bits per heavy atom. The van der Waals surface area contributed by atoms with Crippen LogP contribution in [0.1, 0.15) is 15.3 Å². The zero-order valence-electron chi connectivity index (χ0n) is 8.29. The van der Waals surface area contributed by atoms with Crippen LogP contribution in [0.3, 0.4) is 0 Å². The van der Waals surface area contributed by atoms with Crippen LogP contribution in [0.2, 0.25) is 0 Å². The Bertz CT molecular complexity index is 479. The lowest BCUT2D eigenvalue weighted by Crippen LogP contribution is -1.93. The van der Waals surface area contributed by atoms with Crippen molar-refractivity contribution in [2.45, 2.75) is 11.2 Å². The molecule has 84 valence electrons. The van der Waals surface area contributed by atoms with Crippen LogP contribution >= 0.6 is 59.1 Å². The number of hydrogen-bond donors (Lipinski definition) is 0. The fourth-order valence-corrected chi connectivity index (χ4v) is 4.82. The molecular formula is C12H9Br3S. The van der Waals surface area contributed by atoms with Gasteiger partial charge in [0, 0.05) is 13.8 Å². The Morgan fingerprint density at radius 3 is 2.62 bits per heavy atom.